The number of nitrogens with two attached hydrogens (primary N) is 1. The zero-order valence-electron chi connectivity index (χ0n) is 16.5. The van der Waals surface area contributed by atoms with Crippen LogP contribution in [0.1, 0.15) is 12.8 Å². The van der Waals surface area contributed by atoms with Crippen molar-refractivity contribution in [3.05, 3.63) is 30.3 Å². The first-order chi connectivity index (χ1) is 14.2. The van der Waals surface area contributed by atoms with E-state index in [0.29, 0.717) is 29.2 Å². The molecule has 5 rings (SSSR count). The highest BCUT2D eigenvalue weighted by Crippen LogP contribution is 2.36. The molecule has 4 N–H and O–H groups in total. The van der Waals surface area contributed by atoms with Crippen LogP contribution in [-0.4, -0.2) is 77.7 Å². The van der Waals surface area contributed by atoms with Crippen molar-refractivity contribution in [1.82, 2.24) is 20.4 Å². The van der Waals surface area contributed by atoms with Crippen LogP contribution in [0.25, 0.3) is 11.3 Å². The highest BCUT2D eigenvalue weighted by molar-refractivity contribution is 5.74. The third-order valence-corrected chi connectivity index (χ3v) is 6.37. The molecule has 29 heavy (non-hydrogen) atoms. The lowest BCUT2D eigenvalue weighted by atomic mass is 10.1. The molecule has 3 aliphatic heterocycles. The molecular weight excluding hydrogens is 368 g/mol. The van der Waals surface area contributed by atoms with Crippen molar-refractivity contribution >= 4 is 11.5 Å². The summed E-state index contributed by atoms with van der Waals surface area (Å²) in [6, 6.07) is 10.1. The molecule has 3 aliphatic rings. The van der Waals surface area contributed by atoms with Gasteiger partial charge in [0.1, 0.15) is 5.75 Å². The van der Waals surface area contributed by atoms with Crippen molar-refractivity contribution in [2.75, 3.05) is 50.0 Å². The Morgan fingerprint density at radius 3 is 2.69 bits per heavy atom. The number of aromatic hydroxyl groups is 1. The molecule has 2 bridgehead atoms. The zero-order valence-corrected chi connectivity index (χ0v) is 16.5. The first-order valence-electron chi connectivity index (χ1n) is 10.4. The molecule has 0 saturated carbocycles. The summed E-state index contributed by atoms with van der Waals surface area (Å²) in [5.41, 5.74) is 8.43. The van der Waals surface area contributed by atoms with E-state index in [1.54, 1.807) is 12.1 Å². The van der Waals surface area contributed by atoms with Crippen molar-refractivity contribution < 1.29 is 9.84 Å². The number of anilines is 2. The molecule has 0 aliphatic carbocycles. The maximum Gasteiger partial charge on any atom is 0.169 e. The number of piperazine rings is 1. The molecule has 1 aromatic heterocycles. The zero-order chi connectivity index (χ0) is 19.8. The maximum atomic E-state index is 10.2. The van der Waals surface area contributed by atoms with Gasteiger partial charge in [-0.3, -0.25) is 4.90 Å². The van der Waals surface area contributed by atoms with Gasteiger partial charge in [0.15, 0.2) is 5.82 Å². The normalized spacial score (nSPS) is 27.3. The number of rotatable bonds is 4. The summed E-state index contributed by atoms with van der Waals surface area (Å²) in [5, 5.41) is 22.0. The van der Waals surface area contributed by atoms with Crippen molar-refractivity contribution in [2.24, 2.45) is 0 Å². The van der Waals surface area contributed by atoms with E-state index in [0.717, 1.165) is 45.0 Å². The Labute approximate surface area is 170 Å². The third kappa shape index (κ3) is 3.63. The largest absolute Gasteiger partial charge is 0.507 e. The van der Waals surface area contributed by atoms with Gasteiger partial charge in [0.25, 0.3) is 0 Å². The molecule has 0 spiro atoms. The van der Waals surface area contributed by atoms with E-state index in [9.17, 15) is 5.11 Å². The molecule has 154 valence electrons. The molecule has 0 amide bonds. The van der Waals surface area contributed by atoms with Gasteiger partial charge in [0.05, 0.1) is 24.1 Å². The van der Waals surface area contributed by atoms with Crippen LogP contribution in [0.4, 0.5) is 11.5 Å². The fourth-order valence-corrected chi connectivity index (χ4v) is 4.92. The summed E-state index contributed by atoms with van der Waals surface area (Å²) in [6.07, 6.45) is 2.68. The molecule has 4 heterocycles. The van der Waals surface area contributed by atoms with E-state index in [1.165, 1.54) is 12.8 Å². The Balaban J connectivity index is 1.35. The summed E-state index contributed by atoms with van der Waals surface area (Å²) in [4.78, 5) is 4.97. The van der Waals surface area contributed by atoms with Crippen LogP contribution in [-0.2, 0) is 4.74 Å². The number of aromatic nitrogens is 2. The Bertz CT molecular complexity index is 858. The van der Waals surface area contributed by atoms with E-state index in [1.807, 2.05) is 18.2 Å². The Morgan fingerprint density at radius 2 is 1.97 bits per heavy atom. The van der Waals surface area contributed by atoms with Crippen molar-refractivity contribution in [3.8, 4) is 17.0 Å². The molecule has 1 aromatic carbocycles. The number of hydrogen-bond acceptors (Lipinski definition) is 8. The predicted octanol–water partition coefficient (Wildman–Crippen LogP) is 1.07. The predicted molar refractivity (Wildman–Crippen MR) is 112 cm³/mol. The molecule has 2 aromatic rings. The molecule has 0 radical (unpaired) electrons. The Morgan fingerprint density at radius 1 is 1.17 bits per heavy atom. The topological polar surface area (TPSA) is 99.8 Å². The van der Waals surface area contributed by atoms with E-state index >= 15 is 0 Å². The fourth-order valence-electron chi connectivity index (χ4n) is 4.92. The molecule has 8 heteroatoms. The second kappa shape index (κ2) is 7.78. The number of phenolic OH excluding ortho intramolecular Hbond substituents is 1. The number of nitrogen functional groups attached to an aromatic ring is 1. The average Bonchev–Trinajstić information content (AvgIpc) is 2.97. The van der Waals surface area contributed by atoms with Crippen molar-refractivity contribution in [3.63, 3.8) is 0 Å². The highest BCUT2D eigenvalue weighted by Gasteiger charge is 2.41. The summed E-state index contributed by atoms with van der Waals surface area (Å²) < 4.78 is 5.93. The molecule has 3 fully saturated rings. The van der Waals surface area contributed by atoms with Gasteiger partial charge in [0, 0.05) is 50.4 Å². The molecular formula is C21H28N6O2. The van der Waals surface area contributed by atoms with Gasteiger partial charge < -0.3 is 25.8 Å². The number of phenols is 1. The van der Waals surface area contributed by atoms with Crippen LogP contribution >= 0.6 is 0 Å². The minimum absolute atomic E-state index is 0.198. The third-order valence-electron chi connectivity index (χ3n) is 6.37. The summed E-state index contributed by atoms with van der Waals surface area (Å²) >= 11 is 0. The van der Waals surface area contributed by atoms with Gasteiger partial charge in [-0.15, -0.1) is 10.2 Å². The minimum atomic E-state index is 0.198. The van der Waals surface area contributed by atoms with Crippen molar-refractivity contribution in [1.29, 1.82) is 0 Å². The number of benzene rings is 1. The number of para-hydroxylation sites is 1. The van der Waals surface area contributed by atoms with Gasteiger partial charge in [-0.1, -0.05) is 12.1 Å². The molecule has 3 saturated heterocycles. The van der Waals surface area contributed by atoms with Crippen LogP contribution in [0.3, 0.4) is 0 Å². The standard InChI is InChI=1S/C21H28N6O2/c22-21-19(9-18(24-25-21)17-3-1-2-4-20(17)28)26-11-14-5-6-15(12-26)27(14)13-16-10-23-7-8-29-16/h1-4,9,14-16,23,28H,5-8,10-13H2,(H2,22,25). The van der Waals surface area contributed by atoms with Gasteiger partial charge in [-0.05, 0) is 31.0 Å². The van der Waals surface area contributed by atoms with Crippen LogP contribution < -0.4 is 16.0 Å². The second-order valence-corrected chi connectivity index (χ2v) is 8.20. The number of nitrogens with zero attached hydrogens (tertiary/aromatic N) is 4. The summed E-state index contributed by atoms with van der Waals surface area (Å²) in [6.45, 7) is 5.52. The van der Waals surface area contributed by atoms with Gasteiger partial charge >= 0.3 is 0 Å². The van der Waals surface area contributed by atoms with E-state index < -0.39 is 0 Å². The Hall–Kier alpha value is -2.42. The average molecular weight is 396 g/mol. The van der Waals surface area contributed by atoms with E-state index in [2.05, 4.69) is 25.3 Å². The second-order valence-electron chi connectivity index (χ2n) is 8.20. The Kier molecular flexibility index (Phi) is 4.99. The lowest BCUT2D eigenvalue weighted by Crippen LogP contribution is -2.57. The monoisotopic (exact) mass is 396 g/mol. The van der Waals surface area contributed by atoms with Crippen LogP contribution in [0.2, 0.25) is 0 Å². The number of nitrogens with one attached hydrogen (secondary N) is 1. The highest BCUT2D eigenvalue weighted by atomic mass is 16.5. The lowest BCUT2D eigenvalue weighted by Gasteiger charge is -2.43. The van der Waals surface area contributed by atoms with E-state index in [4.69, 9.17) is 10.5 Å². The van der Waals surface area contributed by atoms with Gasteiger partial charge in [0.2, 0.25) is 0 Å². The number of hydrogen-bond donors (Lipinski definition) is 3. The van der Waals surface area contributed by atoms with Crippen LogP contribution in [0.15, 0.2) is 30.3 Å². The first-order valence-corrected chi connectivity index (χ1v) is 10.4. The minimum Gasteiger partial charge on any atom is -0.507 e. The quantitative estimate of drug-likeness (QED) is 0.706. The summed E-state index contributed by atoms with van der Waals surface area (Å²) in [5.74, 6) is 0.639. The first kappa shape index (κ1) is 18.6. The van der Waals surface area contributed by atoms with Crippen LogP contribution in [0.5, 0.6) is 5.75 Å². The molecule has 3 atom stereocenters. The molecule has 3 unspecified atom stereocenters. The fraction of sp³-hybridized carbons (Fsp3) is 0.524. The number of fused-ring (bicyclic) bond motifs is 2. The summed E-state index contributed by atoms with van der Waals surface area (Å²) in [7, 11) is 0. The lowest BCUT2D eigenvalue weighted by molar-refractivity contribution is -0.00716. The van der Waals surface area contributed by atoms with Gasteiger partial charge in [-0.25, -0.2) is 0 Å². The van der Waals surface area contributed by atoms with E-state index in [-0.39, 0.29) is 11.9 Å². The number of morpholine rings is 1. The number of ether oxygens (including phenoxy) is 1. The smallest absolute Gasteiger partial charge is 0.169 e. The maximum absolute atomic E-state index is 10.2. The van der Waals surface area contributed by atoms with Gasteiger partial charge in [-0.2, -0.15) is 0 Å². The van der Waals surface area contributed by atoms with Crippen LogP contribution in [0, 0.1) is 0 Å². The van der Waals surface area contributed by atoms with Crippen molar-refractivity contribution in [2.45, 2.75) is 31.0 Å². The SMILES string of the molecule is Nc1nnc(-c2ccccc2O)cc1N1CC2CCC(C1)N2CC1CNCCO1. The molecule has 8 nitrogen and oxygen atoms in total.